The van der Waals surface area contributed by atoms with Crippen LogP contribution < -0.4 is 10.6 Å². The van der Waals surface area contributed by atoms with Gasteiger partial charge in [0.2, 0.25) is 5.91 Å². The van der Waals surface area contributed by atoms with Crippen molar-refractivity contribution in [2.45, 2.75) is 25.9 Å². The van der Waals surface area contributed by atoms with Gasteiger partial charge in [0.05, 0.1) is 11.8 Å². The first-order valence-corrected chi connectivity index (χ1v) is 6.14. The molecule has 0 saturated carbocycles. The monoisotopic (exact) mass is 292 g/mol. The largest absolute Gasteiger partial charge is 0.394 e. The van der Waals surface area contributed by atoms with Gasteiger partial charge in [-0.05, 0) is 0 Å². The number of carbonyl (C=O) groups is 1. The second kappa shape index (κ2) is 4.95. The molecule has 0 bridgehead atoms. The molecular weight excluding hydrogens is 277 g/mol. The molecule has 2 rings (SSSR count). The molecular formula is C11H15F3N4O2. The zero-order chi connectivity index (χ0) is 15.1. The summed E-state index contributed by atoms with van der Waals surface area (Å²) in [6.45, 7) is 3.10. The first-order valence-electron chi connectivity index (χ1n) is 6.14. The quantitative estimate of drug-likeness (QED) is 0.907. The highest BCUT2D eigenvalue weighted by Crippen LogP contribution is 2.38. The Morgan fingerprint density at radius 3 is 2.50 bits per heavy atom. The number of hydrogen-bond donors (Lipinski definition) is 1. The van der Waals surface area contributed by atoms with E-state index in [1.807, 2.05) is 13.8 Å². The van der Waals surface area contributed by atoms with Crippen LogP contribution in [0.15, 0.2) is 4.52 Å². The smallest absolute Gasteiger partial charge is 0.369 e. The standard InChI is InChI=1S/C11H15F3N4O2/c1-5(2)9-16-10(20-17-9)18-3-6(8(15)19)7(4-18)11(12,13)14/h5-7H,3-4H2,1-2H3,(H2,15,19)/t6-,7-/m0/s1. The third-order valence-corrected chi connectivity index (χ3v) is 3.32. The Balaban J connectivity index is 2.21. The SMILES string of the molecule is CC(C)c1noc(N2C[C@H](C(N)=O)[C@@H](C(F)(F)F)C2)n1. The fourth-order valence-electron chi connectivity index (χ4n) is 2.17. The summed E-state index contributed by atoms with van der Waals surface area (Å²) < 4.78 is 43.6. The molecule has 2 heterocycles. The molecule has 112 valence electrons. The number of nitrogens with zero attached hydrogens (tertiary/aromatic N) is 3. The lowest BCUT2D eigenvalue weighted by Gasteiger charge is -2.18. The molecule has 20 heavy (non-hydrogen) atoms. The maximum absolute atomic E-state index is 12.9. The van der Waals surface area contributed by atoms with Gasteiger partial charge in [0.25, 0.3) is 0 Å². The summed E-state index contributed by atoms with van der Waals surface area (Å²) in [6.07, 6.45) is -4.49. The van der Waals surface area contributed by atoms with Crippen molar-refractivity contribution in [3.63, 3.8) is 0 Å². The number of rotatable bonds is 3. The first kappa shape index (κ1) is 14.6. The molecule has 0 radical (unpaired) electrons. The molecule has 0 aliphatic carbocycles. The minimum absolute atomic E-state index is 0.000420. The zero-order valence-corrected chi connectivity index (χ0v) is 11.0. The second-order valence-electron chi connectivity index (χ2n) is 5.15. The van der Waals surface area contributed by atoms with Gasteiger partial charge in [0, 0.05) is 19.0 Å². The third kappa shape index (κ3) is 2.70. The predicted molar refractivity (Wildman–Crippen MR) is 62.8 cm³/mol. The van der Waals surface area contributed by atoms with E-state index in [0.29, 0.717) is 5.82 Å². The van der Waals surface area contributed by atoms with Crippen molar-refractivity contribution >= 4 is 11.9 Å². The minimum Gasteiger partial charge on any atom is -0.369 e. The van der Waals surface area contributed by atoms with Gasteiger partial charge >= 0.3 is 12.2 Å². The lowest BCUT2D eigenvalue weighted by atomic mass is 9.95. The summed E-state index contributed by atoms with van der Waals surface area (Å²) >= 11 is 0. The van der Waals surface area contributed by atoms with Crippen LogP contribution in [-0.2, 0) is 4.79 Å². The van der Waals surface area contributed by atoms with Crippen LogP contribution in [0.25, 0.3) is 0 Å². The fourth-order valence-corrected chi connectivity index (χ4v) is 2.17. The molecule has 2 N–H and O–H groups in total. The van der Waals surface area contributed by atoms with E-state index in [9.17, 15) is 18.0 Å². The van der Waals surface area contributed by atoms with Crippen molar-refractivity contribution in [1.82, 2.24) is 10.1 Å². The van der Waals surface area contributed by atoms with Gasteiger partial charge in [-0.15, -0.1) is 0 Å². The van der Waals surface area contributed by atoms with Crippen LogP contribution in [-0.4, -0.2) is 35.3 Å². The lowest BCUT2D eigenvalue weighted by molar-refractivity contribution is -0.181. The number of aromatic nitrogens is 2. The molecule has 1 fully saturated rings. The number of carbonyl (C=O) groups excluding carboxylic acids is 1. The van der Waals surface area contributed by atoms with Gasteiger partial charge in [0.1, 0.15) is 0 Å². The number of anilines is 1. The number of nitrogens with two attached hydrogens (primary N) is 1. The summed E-state index contributed by atoms with van der Waals surface area (Å²) in [7, 11) is 0. The van der Waals surface area contributed by atoms with E-state index < -0.39 is 30.5 Å². The summed E-state index contributed by atoms with van der Waals surface area (Å²) in [5.41, 5.74) is 5.05. The topological polar surface area (TPSA) is 85.3 Å². The molecule has 1 saturated heterocycles. The Bertz CT molecular complexity index is 500. The van der Waals surface area contributed by atoms with Gasteiger partial charge in [-0.25, -0.2) is 0 Å². The normalized spacial score (nSPS) is 23.6. The van der Waals surface area contributed by atoms with Crippen LogP contribution in [0, 0.1) is 11.8 Å². The highest BCUT2D eigenvalue weighted by molar-refractivity contribution is 5.78. The average molecular weight is 292 g/mol. The predicted octanol–water partition coefficient (Wildman–Crippen LogP) is 1.29. The van der Waals surface area contributed by atoms with Gasteiger partial charge in [0.15, 0.2) is 5.82 Å². The number of primary amides is 1. The molecule has 0 unspecified atom stereocenters. The first-order chi connectivity index (χ1) is 9.20. The number of alkyl halides is 3. The molecule has 9 heteroatoms. The summed E-state index contributed by atoms with van der Waals surface area (Å²) in [6, 6.07) is -0.00769. The van der Waals surface area contributed by atoms with E-state index in [0.717, 1.165) is 0 Å². The Morgan fingerprint density at radius 1 is 1.45 bits per heavy atom. The zero-order valence-electron chi connectivity index (χ0n) is 11.0. The van der Waals surface area contributed by atoms with Crippen LogP contribution in [0.2, 0.25) is 0 Å². The molecule has 0 spiro atoms. The van der Waals surface area contributed by atoms with Gasteiger partial charge in [-0.2, -0.15) is 18.2 Å². The molecule has 2 atom stereocenters. The molecule has 0 aromatic carbocycles. The summed E-state index contributed by atoms with van der Waals surface area (Å²) in [4.78, 5) is 16.5. The maximum Gasteiger partial charge on any atom is 0.394 e. The Labute approximate surface area is 113 Å². The summed E-state index contributed by atoms with van der Waals surface area (Å²) in [5.74, 6) is -3.68. The number of hydrogen-bond acceptors (Lipinski definition) is 5. The van der Waals surface area contributed by atoms with Crippen molar-refractivity contribution in [2.75, 3.05) is 18.0 Å². The fraction of sp³-hybridized carbons (Fsp3) is 0.727. The van der Waals surface area contributed by atoms with E-state index in [1.165, 1.54) is 4.90 Å². The second-order valence-corrected chi connectivity index (χ2v) is 5.15. The van der Waals surface area contributed by atoms with Crippen LogP contribution in [0.5, 0.6) is 0 Å². The highest BCUT2D eigenvalue weighted by atomic mass is 19.4. The molecule has 1 aliphatic heterocycles. The van der Waals surface area contributed by atoms with Crippen LogP contribution in [0.1, 0.15) is 25.6 Å². The van der Waals surface area contributed by atoms with E-state index in [4.69, 9.17) is 10.3 Å². The molecule has 1 aromatic rings. The Morgan fingerprint density at radius 2 is 2.10 bits per heavy atom. The number of halogens is 3. The highest BCUT2D eigenvalue weighted by Gasteiger charge is 2.52. The third-order valence-electron chi connectivity index (χ3n) is 3.32. The summed E-state index contributed by atoms with van der Waals surface area (Å²) in [5, 5.41) is 3.69. The Kier molecular flexibility index (Phi) is 3.61. The van der Waals surface area contributed by atoms with Crippen molar-refractivity contribution in [3.05, 3.63) is 5.82 Å². The lowest BCUT2D eigenvalue weighted by Crippen LogP contribution is -2.37. The van der Waals surface area contributed by atoms with Gasteiger partial charge in [-0.3, -0.25) is 4.79 Å². The van der Waals surface area contributed by atoms with E-state index in [2.05, 4.69) is 10.1 Å². The van der Waals surface area contributed by atoms with Crippen molar-refractivity contribution in [3.8, 4) is 0 Å². The molecule has 1 amide bonds. The van der Waals surface area contributed by atoms with Gasteiger partial charge in [-0.1, -0.05) is 19.0 Å². The van der Waals surface area contributed by atoms with Crippen molar-refractivity contribution in [1.29, 1.82) is 0 Å². The molecule has 1 aliphatic rings. The van der Waals surface area contributed by atoms with E-state index in [-0.39, 0.29) is 18.5 Å². The van der Waals surface area contributed by atoms with Crippen LogP contribution in [0.3, 0.4) is 0 Å². The molecule has 6 nitrogen and oxygen atoms in total. The van der Waals surface area contributed by atoms with Crippen molar-refractivity contribution in [2.24, 2.45) is 17.6 Å². The minimum atomic E-state index is -4.49. The van der Waals surface area contributed by atoms with Gasteiger partial charge < -0.3 is 15.2 Å². The average Bonchev–Trinajstić information content (AvgIpc) is 2.94. The van der Waals surface area contributed by atoms with Crippen molar-refractivity contribution < 1.29 is 22.5 Å². The number of amides is 1. The van der Waals surface area contributed by atoms with Crippen LogP contribution in [0.4, 0.5) is 19.2 Å². The van der Waals surface area contributed by atoms with E-state index >= 15 is 0 Å². The van der Waals surface area contributed by atoms with E-state index in [1.54, 1.807) is 0 Å². The maximum atomic E-state index is 12.9. The molecule has 1 aromatic heterocycles. The Hall–Kier alpha value is -1.80. The van der Waals surface area contributed by atoms with Crippen LogP contribution >= 0.6 is 0 Å².